The largest absolute Gasteiger partial charge is 0.325 e. The number of halogens is 2. The van der Waals surface area contributed by atoms with Crippen molar-refractivity contribution in [3.8, 4) is 0 Å². The van der Waals surface area contributed by atoms with Gasteiger partial charge in [0.05, 0.1) is 5.69 Å². The molecular weight excluding hydrogens is 363 g/mol. The van der Waals surface area contributed by atoms with E-state index in [9.17, 15) is 14.0 Å². The summed E-state index contributed by atoms with van der Waals surface area (Å²) in [6.45, 7) is 0. The van der Waals surface area contributed by atoms with Gasteiger partial charge in [-0.1, -0.05) is 18.2 Å². The number of rotatable bonds is 4. The number of amides is 2. The Kier molecular flexibility index (Phi) is 4.17. The van der Waals surface area contributed by atoms with Gasteiger partial charge in [-0.15, -0.1) is 0 Å². The maximum absolute atomic E-state index is 13.2. The Morgan fingerprint density at radius 2 is 1.70 bits per heavy atom. The highest BCUT2D eigenvalue weighted by Crippen LogP contribution is 2.47. The van der Waals surface area contributed by atoms with E-state index in [0.29, 0.717) is 24.2 Å². The summed E-state index contributed by atoms with van der Waals surface area (Å²) < 4.78 is 13.9. The SMILES string of the molecule is O=C(Nc1cccc(F)c1)C1(C(=O)Nc2ccccc2Br)CC1. The third-order valence-corrected chi connectivity index (χ3v) is 4.52. The zero-order valence-corrected chi connectivity index (χ0v) is 13.7. The van der Waals surface area contributed by atoms with Crippen LogP contribution in [0.4, 0.5) is 15.8 Å². The number of carbonyl (C=O) groups excluding carboxylic acids is 2. The predicted molar refractivity (Wildman–Crippen MR) is 89.5 cm³/mol. The topological polar surface area (TPSA) is 58.2 Å². The van der Waals surface area contributed by atoms with Gasteiger partial charge in [-0.05, 0) is 59.1 Å². The third-order valence-electron chi connectivity index (χ3n) is 3.82. The van der Waals surface area contributed by atoms with Crippen LogP contribution in [0, 0.1) is 11.2 Å². The fourth-order valence-corrected chi connectivity index (χ4v) is 2.69. The second-order valence-electron chi connectivity index (χ2n) is 5.48. The van der Waals surface area contributed by atoms with Crippen LogP contribution in [-0.4, -0.2) is 11.8 Å². The van der Waals surface area contributed by atoms with E-state index in [-0.39, 0.29) is 5.91 Å². The molecule has 0 unspecified atom stereocenters. The van der Waals surface area contributed by atoms with Gasteiger partial charge in [0.1, 0.15) is 11.2 Å². The lowest BCUT2D eigenvalue weighted by molar-refractivity contribution is -0.131. The van der Waals surface area contributed by atoms with Crippen LogP contribution in [0.25, 0.3) is 0 Å². The Bertz CT molecular complexity index is 775. The Labute approximate surface area is 141 Å². The molecule has 0 aliphatic heterocycles. The summed E-state index contributed by atoms with van der Waals surface area (Å²) in [5, 5.41) is 5.39. The number of hydrogen-bond donors (Lipinski definition) is 2. The first kappa shape index (κ1) is 15.7. The minimum Gasteiger partial charge on any atom is -0.325 e. The summed E-state index contributed by atoms with van der Waals surface area (Å²) in [6, 6.07) is 12.8. The van der Waals surface area contributed by atoms with E-state index in [4.69, 9.17) is 0 Å². The van der Waals surface area contributed by atoms with Crippen molar-refractivity contribution >= 4 is 39.1 Å². The van der Waals surface area contributed by atoms with Gasteiger partial charge in [0.15, 0.2) is 0 Å². The van der Waals surface area contributed by atoms with Gasteiger partial charge in [0, 0.05) is 10.2 Å². The molecule has 118 valence electrons. The van der Waals surface area contributed by atoms with Gasteiger partial charge in [0.25, 0.3) is 0 Å². The molecule has 2 aromatic rings. The molecule has 0 spiro atoms. The molecule has 0 heterocycles. The second-order valence-corrected chi connectivity index (χ2v) is 6.33. The minimum absolute atomic E-state index is 0.343. The number of para-hydroxylation sites is 1. The minimum atomic E-state index is -1.08. The lowest BCUT2D eigenvalue weighted by atomic mass is 10.0. The Morgan fingerprint density at radius 1 is 1.00 bits per heavy atom. The molecule has 1 fully saturated rings. The van der Waals surface area contributed by atoms with Crippen molar-refractivity contribution in [1.29, 1.82) is 0 Å². The highest BCUT2D eigenvalue weighted by Gasteiger charge is 2.56. The Balaban J connectivity index is 1.72. The quantitative estimate of drug-likeness (QED) is 0.793. The average molecular weight is 377 g/mol. The first-order valence-electron chi connectivity index (χ1n) is 7.14. The lowest BCUT2D eigenvalue weighted by Crippen LogP contribution is -2.35. The number of anilines is 2. The molecule has 3 rings (SSSR count). The van der Waals surface area contributed by atoms with Crippen LogP contribution >= 0.6 is 15.9 Å². The fourth-order valence-electron chi connectivity index (χ4n) is 2.30. The van der Waals surface area contributed by atoms with E-state index in [0.717, 1.165) is 4.47 Å². The van der Waals surface area contributed by atoms with Crippen molar-refractivity contribution < 1.29 is 14.0 Å². The molecule has 6 heteroatoms. The maximum Gasteiger partial charge on any atom is 0.240 e. The van der Waals surface area contributed by atoms with Crippen LogP contribution < -0.4 is 10.6 Å². The molecule has 0 saturated heterocycles. The van der Waals surface area contributed by atoms with E-state index >= 15 is 0 Å². The molecule has 4 nitrogen and oxygen atoms in total. The van der Waals surface area contributed by atoms with E-state index in [1.807, 2.05) is 12.1 Å². The van der Waals surface area contributed by atoms with Crippen molar-refractivity contribution in [2.45, 2.75) is 12.8 Å². The third kappa shape index (κ3) is 3.27. The predicted octanol–water partition coefficient (Wildman–Crippen LogP) is 3.95. The van der Waals surface area contributed by atoms with Crippen LogP contribution in [-0.2, 0) is 9.59 Å². The summed E-state index contributed by atoms with van der Waals surface area (Å²) in [4.78, 5) is 24.9. The van der Waals surface area contributed by atoms with Gasteiger partial charge in [-0.25, -0.2) is 4.39 Å². The van der Waals surface area contributed by atoms with Gasteiger partial charge in [-0.3, -0.25) is 9.59 Å². The lowest BCUT2D eigenvalue weighted by Gasteiger charge is -2.16. The zero-order chi connectivity index (χ0) is 16.4. The van der Waals surface area contributed by atoms with Crippen LogP contribution in [0.2, 0.25) is 0 Å². The molecule has 23 heavy (non-hydrogen) atoms. The molecule has 0 atom stereocenters. The molecule has 1 aliphatic rings. The van der Waals surface area contributed by atoms with E-state index in [1.54, 1.807) is 18.2 Å². The second kappa shape index (κ2) is 6.12. The highest BCUT2D eigenvalue weighted by molar-refractivity contribution is 9.10. The van der Waals surface area contributed by atoms with Gasteiger partial charge >= 0.3 is 0 Å². The Hall–Kier alpha value is -2.21. The summed E-state index contributed by atoms with van der Waals surface area (Å²) in [5.41, 5.74) is -0.126. The highest BCUT2D eigenvalue weighted by atomic mass is 79.9. The van der Waals surface area contributed by atoms with Crippen LogP contribution in [0.5, 0.6) is 0 Å². The van der Waals surface area contributed by atoms with Gasteiger partial charge in [0.2, 0.25) is 11.8 Å². The molecule has 2 N–H and O–H groups in total. The molecule has 1 aliphatic carbocycles. The number of benzene rings is 2. The van der Waals surface area contributed by atoms with Crippen molar-refractivity contribution in [3.05, 3.63) is 58.8 Å². The molecular formula is C17H14BrFN2O2. The normalized spacial score (nSPS) is 14.9. The van der Waals surface area contributed by atoms with E-state index < -0.39 is 17.1 Å². The first-order valence-corrected chi connectivity index (χ1v) is 7.94. The zero-order valence-electron chi connectivity index (χ0n) is 12.1. The molecule has 2 amide bonds. The maximum atomic E-state index is 13.2. The number of carbonyl (C=O) groups is 2. The standard InChI is InChI=1S/C17H14BrFN2O2/c18-13-6-1-2-7-14(13)21-16(23)17(8-9-17)15(22)20-12-5-3-4-11(19)10-12/h1-7,10H,8-9H2,(H,20,22)(H,21,23). The molecule has 0 aromatic heterocycles. The summed E-state index contributed by atoms with van der Waals surface area (Å²) in [7, 11) is 0. The summed E-state index contributed by atoms with van der Waals surface area (Å²) in [6.07, 6.45) is 0.953. The van der Waals surface area contributed by atoms with E-state index in [1.165, 1.54) is 18.2 Å². The molecule has 0 radical (unpaired) electrons. The van der Waals surface area contributed by atoms with Crippen LogP contribution in [0.1, 0.15) is 12.8 Å². The summed E-state index contributed by atoms with van der Waals surface area (Å²) in [5.74, 6) is -1.20. The van der Waals surface area contributed by atoms with E-state index in [2.05, 4.69) is 26.6 Å². The number of hydrogen-bond acceptors (Lipinski definition) is 2. The summed E-state index contributed by atoms with van der Waals surface area (Å²) >= 11 is 3.35. The molecule has 2 aromatic carbocycles. The van der Waals surface area contributed by atoms with Gasteiger partial charge in [-0.2, -0.15) is 0 Å². The molecule has 0 bridgehead atoms. The first-order chi connectivity index (χ1) is 11.0. The van der Waals surface area contributed by atoms with Crippen molar-refractivity contribution in [2.24, 2.45) is 5.41 Å². The van der Waals surface area contributed by atoms with Gasteiger partial charge < -0.3 is 10.6 Å². The molecule has 1 saturated carbocycles. The average Bonchev–Trinajstić information content (AvgIpc) is 3.31. The monoisotopic (exact) mass is 376 g/mol. The smallest absolute Gasteiger partial charge is 0.240 e. The number of nitrogens with one attached hydrogen (secondary N) is 2. The Morgan fingerprint density at radius 3 is 2.35 bits per heavy atom. The van der Waals surface area contributed by atoms with Crippen LogP contribution in [0.15, 0.2) is 53.0 Å². The van der Waals surface area contributed by atoms with Crippen molar-refractivity contribution in [2.75, 3.05) is 10.6 Å². The van der Waals surface area contributed by atoms with Crippen molar-refractivity contribution in [3.63, 3.8) is 0 Å². The van der Waals surface area contributed by atoms with Crippen LogP contribution in [0.3, 0.4) is 0 Å². The fraction of sp³-hybridized carbons (Fsp3) is 0.176. The van der Waals surface area contributed by atoms with Crippen molar-refractivity contribution in [1.82, 2.24) is 0 Å².